The van der Waals surface area contributed by atoms with Crippen LogP contribution in [-0.4, -0.2) is 36.6 Å². The highest BCUT2D eigenvalue weighted by atomic mass is 16.3. The summed E-state index contributed by atoms with van der Waals surface area (Å²) in [7, 11) is 3.40. The van der Waals surface area contributed by atoms with Gasteiger partial charge in [-0.15, -0.1) is 0 Å². The number of nitrogens with two attached hydrogens (primary N) is 4. The first kappa shape index (κ1) is 38.1. The molecule has 244 valence electrons. The topological polar surface area (TPSA) is 157 Å². The fourth-order valence-electron chi connectivity index (χ4n) is 4.61. The maximum Gasteiger partial charge on any atom is 0.220 e. The monoisotopic (exact) mass is 606 g/mol. The molecule has 8 nitrogen and oxygen atoms in total. The van der Waals surface area contributed by atoms with Gasteiger partial charge in [-0.3, -0.25) is 4.79 Å². The van der Waals surface area contributed by atoms with Gasteiger partial charge in [0.05, 0.1) is 5.70 Å². The standard InChI is InChI=1S/C33H47N5O2.C2H6.CH5N/c1-38(30(33(35)36)23-29(34)28-12-9-10-13-31(28)39)22-21-26-17-19-27(20-18-26)24-37-32(40)14-8-6-4-2-3-5-7-11-25-15-16-25;2*1-2/h9-13,17-20,23,39H,2-8,14-16,21-22,24,34-36H2,1H3,(H,37,40);1-2H3;2H2,1H3/b29-23-;;. The van der Waals surface area contributed by atoms with Crippen LogP contribution in [0.5, 0.6) is 5.75 Å². The van der Waals surface area contributed by atoms with E-state index in [1.54, 1.807) is 29.8 Å². The molecule has 1 amide bonds. The Kier molecular flexibility index (Phi) is 19.6. The summed E-state index contributed by atoms with van der Waals surface area (Å²) in [5.41, 5.74) is 28.0. The summed E-state index contributed by atoms with van der Waals surface area (Å²) in [4.78, 5) is 14.2. The van der Waals surface area contributed by atoms with Crippen LogP contribution >= 0.6 is 0 Å². The third-order valence-corrected chi connectivity index (χ3v) is 7.29. The molecule has 1 aliphatic rings. The normalized spacial score (nSPS) is 11.8. The molecule has 0 heterocycles. The number of nitrogens with zero attached hydrogens (tertiary/aromatic N) is 1. The predicted octanol–water partition coefficient (Wildman–Crippen LogP) is 6.01. The molecule has 1 fully saturated rings. The minimum absolute atomic E-state index is 0.100. The molecule has 3 rings (SSSR count). The third-order valence-electron chi connectivity index (χ3n) is 7.29. The molecule has 2 aromatic carbocycles. The van der Waals surface area contributed by atoms with Crippen molar-refractivity contribution in [2.24, 2.45) is 22.9 Å². The van der Waals surface area contributed by atoms with Crippen molar-refractivity contribution in [1.82, 2.24) is 10.2 Å². The zero-order valence-electron chi connectivity index (χ0n) is 27.6. The van der Waals surface area contributed by atoms with Gasteiger partial charge in [0.25, 0.3) is 0 Å². The molecule has 0 bridgehead atoms. The van der Waals surface area contributed by atoms with Gasteiger partial charge in [0.1, 0.15) is 11.6 Å². The van der Waals surface area contributed by atoms with Gasteiger partial charge in [0.2, 0.25) is 5.91 Å². The minimum Gasteiger partial charge on any atom is -0.507 e. The largest absolute Gasteiger partial charge is 0.507 e. The van der Waals surface area contributed by atoms with Crippen LogP contribution in [0.15, 0.2) is 77.8 Å². The number of para-hydroxylation sites is 1. The van der Waals surface area contributed by atoms with E-state index in [0.717, 1.165) is 24.8 Å². The smallest absolute Gasteiger partial charge is 0.220 e. The van der Waals surface area contributed by atoms with Gasteiger partial charge in [-0.05, 0) is 74.9 Å². The Hall–Kier alpha value is -3.91. The van der Waals surface area contributed by atoms with E-state index in [2.05, 4.69) is 41.4 Å². The second kappa shape index (κ2) is 22.6. The lowest BCUT2D eigenvalue weighted by Crippen LogP contribution is -2.26. The number of likely N-dealkylation sites (N-methyl/N-ethyl adjacent to an activating group) is 1. The number of phenols is 1. The van der Waals surface area contributed by atoms with Gasteiger partial charge in [0.15, 0.2) is 0 Å². The highest BCUT2D eigenvalue weighted by molar-refractivity contribution is 5.75. The molecule has 1 aliphatic carbocycles. The SMILES string of the molecule is CC.CN.CN(CCc1ccc(CNC(=O)CCCCCCCCC=C2CC2)cc1)C(/C=C(\N)c1ccccc1O)=C(N)N. The molecule has 0 aliphatic heterocycles. The molecule has 44 heavy (non-hydrogen) atoms. The molecule has 0 spiro atoms. The van der Waals surface area contributed by atoms with Gasteiger partial charge in [-0.1, -0.05) is 87.6 Å². The molecule has 8 heteroatoms. The van der Waals surface area contributed by atoms with Crippen molar-refractivity contribution in [3.63, 3.8) is 0 Å². The van der Waals surface area contributed by atoms with Crippen LogP contribution in [0.4, 0.5) is 0 Å². The number of carbonyl (C=O) groups is 1. The summed E-state index contributed by atoms with van der Waals surface area (Å²) < 4.78 is 0. The predicted molar refractivity (Wildman–Crippen MR) is 186 cm³/mol. The molecular formula is C36H58N6O2. The Bertz CT molecular complexity index is 1180. The summed E-state index contributed by atoms with van der Waals surface area (Å²) in [6.45, 7) is 5.22. The fraction of sp³-hybridized carbons (Fsp3) is 0.472. The summed E-state index contributed by atoms with van der Waals surface area (Å²) >= 11 is 0. The molecule has 0 radical (unpaired) electrons. The average molecular weight is 607 g/mol. The van der Waals surface area contributed by atoms with Crippen LogP contribution in [0, 0.1) is 0 Å². The lowest BCUT2D eigenvalue weighted by atomic mass is 10.1. The second-order valence-corrected chi connectivity index (χ2v) is 10.7. The van der Waals surface area contributed by atoms with Crippen LogP contribution < -0.4 is 28.3 Å². The first-order valence-electron chi connectivity index (χ1n) is 16.2. The zero-order valence-corrected chi connectivity index (χ0v) is 27.6. The van der Waals surface area contributed by atoms with Crippen LogP contribution in [0.2, 0.25) is 0 Å². The van der Waals surface area contributed by atoms with E-state index in [1.807, 2.05) is 31.9 Å². The number of unbranched alkanes of at least 4 members (excludes halogenated alkanes) is 6. The number of carbonyl (C=O) groups excluding carboxylic acids is 1. The lowest BCUT2D eigenvalue weighted by Gasteiger charge is -2.22. The number of benzene rings is 2. The van der Waals surface area contributed by atoms with Gasteiger partial charge >= 0.3 is 0 Å². The molecule has 0 unspecified atom stereocenters. The van der Waals surface area contributed by atoms with Crippen molar-refractivity contribution in [1.29, 1.82) is 0 Å². The van der Waals surface area contributed by atoms with Gasteiger partial charge < -0.3 is 38.3 Å². The minimum atomic E-state index is 0.100. The highest BCUT2D eigenvalue weighted by Gasteiger charge is 2.11. The molecule has 0 saturated heterocycles. The van der Waals surface area contributed by atoms with Crippen LogP contribution in [-0.2, 0) is 17.8 Å². The Morgan fingerprint density at radius 2 is 1.48 bits per heavy atom. The first-order chi connectivity index (χ1) is 21.3. The molecule has 2 aromatic rings. The number of phenolic OH excluding ortho intramolecular Hbond substituents is 1. The molecular weight excluding hydrogens is 548 g/mol. The Morgan fingerprint density at radius 1 is 0.886 bits per heavy atom. The highest BCUT2D eigenvalue weighted by Crippen LogP contribution is 2.28. The first-order valence-corrected chi connectivity index (χ1v) is 16.2. The van der Waals surface area contributed by atoms with Crippen LogP contribution in [0.1, 0.15) is 94.7 Å². The van der Waals surface area contributed by atoms with E-state index in [-0.39, 0.29) is 17.5 Å². The summed E-state index contributed by atoms with van der Waals surface area (Å²) in [5, 5.41) is 13.1. The van der Waals surface area contributed by atoms with Crippen molar-refractivity contribution < 1.29 is 9.90 Å². The van der Waals surface area contributed by atoms with Gasteiger partial charge in [-0.2, -0.15) is 0 Å². The van der Waals surface area contributed by atoms with E-state index in [9.17, 15) is 9.90 Å². The van der Waals surface area contributed by atoms with Gasteiger partial charge in [-0.25, -0.2) is 0 Å². The number of hydrogen-bond acceptors (Lipinski definition) is 7. The number of nitrogens with one attached hydrogen (secondary N) is 1. The van der Waals surface area contributed by atoms with E-state index in [1.165, 1.54) is 57.6 Å². The van der Waals surface area contributed by atoms with Crippen molar-refractivity contribution in [3.05, 3.63) is 94.5 Å². The maximum absolute atomic E-state index is 12.2. The lowest BCUT2D eigenvalue weighted by molar-refractivity contribution is -0.121. The van der Waals surface area contributed by atoms with Crippen molar-refractivity contribution >= 4 is 11.6 Å². The maximum atomic E-state index is 12.2. The average Bonchev–Trinajstić information content (AvgIpc) is 3.87. The fourth-order valence-corrected chi connectivity index (χ4v) is 4.61. The number of rotatable bonds is 17. The summed E-state index contributed by atoms with van der Waals surface area (Å²) in [6.07, 6.45) is 16.5. The quantitative estimate of drug-likeness (QED) is 0.0731. The number of allylic oxidation sites excluding steroid dienone is 3. The zero-order chi connectivity index (χ0) is 32.7. The third kappa shape index (κ3) is 15.5. The summed E-state index contributed by atoms with van der Waals surface area (Å²) in [6, 6.07) is 15.1. The Balaban J connectivity index is 0.00000232. The second-order valence-electron chi connectivity index (χ2n) is 10.7. The van der Waals surface area contributed by atoms with E-state index >= 15 is 0 Å². The number of amides is 1. The molecule has 0 aromatic heterocycles. The Morgan fingerprint density at radius 3 is 2.09 bits per heavy atom. The van der Waals surface area contributed by atoms with Crippen LogP contribution in [0.3, 0.4) is 0 Å². The molecule has 10 N–H and O–H groups in total. The number of hydrogen-bond donors (Lipinski definition) is 6. The van der Waals surface area contributed by atoms with Crippen molar-refractivity contribution in [2.45, 2.75) is 91.0 Å². The number of aromatic hydroxyl groups is 1. The van der Waals surface area contributed by atoms with Gasteiger partial charge in [0, 0.05) is 37.8 Å². The van der Waals surface area contributed by atoms with Crippen LogP contribution in [0.25, 0.3) is 5.70 Å². The molecule has 1 saturated carbocycles. The van der Waals surface area contributed by atoms with E-state index in [4.69, 9.17) is 17.2 Å². The Labute approximate surface area is 266 Å². The van der Waals surface area contributed by atoms with E-state index in [0.29, 0.717) is 36.5 Å². The molecule has 0 atom stereocenters. The summed E-state index contributed by atoms with van der Waals surface area (Å²) in [5.74, 6) is 0.379. The van der Waals surface area contributed by atoms with Crippen molar-refractivity contribution in [3.8, 4) is 5.75 Å². The van der Waals surface area contributed by atoms with E-state index < -0.39 is 0 Å². The van der Waals surface area contributed by atoms with Crippen molar-refractivity contribution in [2.75, 3.05) is 20.6 Å².